The van der Waals surface area contributed by atoms with Gasteiger partial charge in [0.25, 0.3) is 0 Å². The molecule has 2 heteroatoms. The average Bonchev–Trinajstić information content (AvgIpc) is 2.62. The highest BCUT2D eigenvalue weighted by molar-refractivity contribution is 5.01. The molecule has 114 valence electrons. The molecule has 2 nitrogen and oxygen atoms in total. The molecule has 1 aliphatic rings. The minimum absolute atomic E-state index is 0.00686. The van der Waals surface area contributed by atoms with Crippen LogP contribution in [-0.2, 0) is 0 Å². The summed E-state index contributed by atoms with van der Waals surface area (Å²) < 4.78 is 0. The third kappa shape index (κ3) is 4.46. The van der Waals surface area contributed by atoms with Crippen LogP contribution in [-0.4, -0.2) is 17.8 Å². The molecule has 0 heterocycles. The fourth-order valence-electron chi connectivity index (χ4n) is 3.69. The Morgan fingerprint density at radius 2 is 1.58 bits per heavy atom. The molecule has 0 aliphatic heterocycles. The molecule has 2 atom stereocenters. The van der Waals surface area contributed by atoms with Gasteiger partial charge < -0.3 is 10.8 Å². The van der Waals surface area contributed by atoms with Gasteiger partial charge in [0, 0.05) is 12.0 Å². The Balaban J connectivity index is 2.26. The highest BCUT2D eigenvalue weighted by Crippen LogP contribution is 2.51. The normalized spacial score (nSPS) is 29.8. The number of aliphatic hydroxyl groups is 1. The van der Waals surface area contributed by atoms with Gasteiger partial charge in [-0.25, -0.2) is 0 Å². The van der Waals surface area contributed by atoms with Crippen LogP contribution in [0.4, 0.5) is 0 Å². The average molecular weight is 269 g/mol. The van der Waals surface area contributed by atoms with Crippen LogP contribution in [0.5, 0.6) is 0 Å². The van der Waals surface area contributed by atoms with Gasteiger partial charge in [0.15, 0.2) is 0 Å². The lowest BCUT2D eigenvalue weighted by Gasteiger charge is -2.36. The Morgan fingerprint density at radius 1 is 1.00 bits per heavy atom. The maximum Gasteiger partial charge on any atom is 0.0659 e. The third-order valence-electron chi connectivity index (χ3n) is 5.27. The first-order valence-corrected chi connectivity index (χ1v) is 8.37. The van der Waals surface area contributed by atoms with E-state index in [4.69, 9.17) is 5.73 Å². The predicted molar refractivity (Wildman–Crippen MR) is 83.1 cm³/mol. The molecule has 0 saturated heterocycles. The number of nitrogens with two attached hydrogens (primary N) is 1. The molecule has 0 spiro atoms. The molecule has 2 unspecified atom stereocenters. The number of hydrogen-bond donors (Lipinski definition) is 2. The Morgan fingerprint density at radius 3 is 2.05 bits per heavy atom. The summed E-state index contributed by atoms with van der Waals surface area (Å²) in [4.78, 5) is 0. The van der Waals surface area contributed by atoms with E-state index in [0.29, 0.717) is 6.54 Å². The van der Waals surface area contributed by atoms with Crippen LogP contribution in [0.15, 0.2) is 0 Å². The molecule has 1 saturated carbocycles. The zero-order valence-corrected chi connectivity index (χ0v) is 13.4. The lowest BCUT2D eigenvalue weighted by molar-refractivity contribution is -0.0103. The number of rotatable bonds is 9. The van der Waals surface area contributed by atoms with Crippen molar-refractivity contribution >= 4 is 0 Å². The Hall–Kier alpha value is -0.0800. The Kier molecular flexibility index (Phi) is 6.82. The molecule has 1 aliphatic carbocycles. The van der Waals surface area contributed by atoms with Gasteiger partial charge in [-0.15, -0.1) is 0 Å². The monoisotopic (exact) mass is 269 g/mol. The molecule has 0 aromatic rings. The van der Waals surface area contributed by atoms with Gasteiger partial charge >= 0.3 is 0 Å². The largest absolute Gasteiger partial charge is 0.392 e. The molecular weight excluding hydrogens is 234 g/mol. The van der Waals surface area contributed by atoms with E-state index in [-0.39, 0.29) is 16.9 Å². The van der Waals surface area contributed by atoms with Crippen LogP contribution in [0.25, 0.3) is 0 Å². The van der Waals surface area contributed by atoms with E-state index in [1.54, 1.807) is 0 Å². The van der Waals surface area contributed by atoms with Crippen LogP contribution >= 0.6 is 0 Å². The van der Waals surface area contributed by atoms with E-state index in [2.05, 4.69) is 20.8 Å². The standard InChI is InChI=1S/C17H35NO/c1-4-5-6-7-8-9-10-11-17(14-18)13-12-16(2,3)15(17)19/h15,19H,4-14,18H2,1-3H3. The van der Waals surface area contributed by atoms with E-state index in [9.17, 15) is 5.11 Å². The van der Waals surface area contributed by atoms with Crippen LogP contribution in [0.1, 0.15) is 85.0 Å². The van der Waals surface area contributed by atoms with Gasteiger partial charge in [-0.3, -0.25) is 0 Å². The summed E-state index contributed by atoms with van der Waals surface area (Å²) in [5, 5.41) is 10.6. The maximum atomic E-state index is 10.6. The summed E-state index contributed by atoms with van der Waals surface area (Å²) in [6.07, 6.45) is 12.4. The minimum Gasteiger partial charge on any atom is -0.392 e. The predicted octanol–water partition coefficient (Wildman–Crippen LogP) is 4.25. The first-order valence-electron chi connectivity index (χ1n) is 8.37. The summed E-state index contributed by atoms with van der Waals surface area (Å²) in [7, 11) is 0. The maximum absolute atomic E-state index is 10.6. The molecule has 0 amide bonds. The smallest absolute Gasteiger partial charge is 0.0659 e. The van der Waals surface area contributed by atoms with Crippen LogP contribution < -0.4 is 5.73 Å². The van der Waals surface area contributed by atoms with Crippen molar-refractivity contribution in [2.45, 2.75) is 91.1 Å². The second-order valence-corrected chi connectivity index (χ2v) is 7.33. The van der Waals surface area contributed by atoms with Crippen molar-refractivity contribution in [2.75, 3.05) is 6.54 Å². The fourth-order valence-corrected chi connectivity index (χ4v) is 3.69. The quantitative estimate of drug-likeness (QED) is 0.615. The van der Waals surface area contributed by atoms with E-state index in [1.165, 1.54) is 44.9 Å². The highest BCUT2D eigenvalue weighted by Gasteiger charge is 2.50. The summed E-state index contributed by atoms with van der Waals surface area (Å²) in [5.74, 6) is 0. The van der Waals surface area contributed by atoms with Crippen LogP contribution in [0, 0.1) is 10.8 Å². The van der Waals surface area contributed by atoms with Crippen molar-refractivity contribution in [3.8, 4) is 0 Å². The van der Waals surface area contributed by atoms with Gasteiger partial charge in [-0.1, -0.05) is 65.7 Å². The number of unbranched alkanes of at least 4 members (excludes halogenated alkanes) is 6. The lowest BCUT2D eigenvalue weighted by Crippen LogP contribution is -2.42. The van der Waals surface area contributed by atoms with Crippen molar-refractivity contribution in [3.05, 3.63) is 0 Å². The molecule has 1 fully saturated rings. The van der Waals surface area contributed by atoms with E-state index in [0.717, 1.165) is 19.3 Å². The number of hydrogen-bond acceptors (Lipinski definition) is 2. The van der Waals surface area contributed by atoms with Crippen LogP contribution in [0.2, 0.25) is 0 Å². The van der Waals surface area contributed by atoms with Crippen molar-refractivity contribution in [3.63, 3.8) is 0 Å². The highest BCUT2D eigenvalue weighted by atomic mass is 16.3. The minimum atomic E-state index is -0.218. The van der Waals surface area contributed by atoms with E-state index >= 15 is 0 Å². The Bertz CT molecular complexity index is 252. The third-order valence-corrected chi connectivity index (χ3v) is 5.27. The van der Waals surface area contributed by atoms with Crippen molar-refractivity contribution in [2.24, 2.45) is 16.6 Å². The first-order chi connectivity index (χ1) is 8.98. The van der Waals surface area contributed by atoms with Crippen molar-refractivity contribution in [1.82, 2.24) is 0 Å². The van der Waals surface area contributed by atoms with Crippen LogP contribution in [0.3, 0.4) is 0 Å². The molecule has 0 aromatic heterocycles. The fraction of sp³-hybridized carbons (Fsp3) is 1.00. The van der Waals surface area contributed by atoms with Crippen molar-refractivity contribution in [1.29, 1.82) is 0 Å². The molecule has 0 radical (unpaired) electrons. The second kappa shape index (κ2) is 7.64. The van der Waals surface area contributed by atoms with E-state index in [1.807, 2.05) is 0 Å². The topological polar surface area (TPSA) is 46.2 Å². The van der Waals surface area contributed by atoms with Gasteiger partial charge in [-0.05, 0) is 24.7 Å². The Labute approximate surface area is 120 Å². The number of aliphatic hydroxyl groups excluding tert-OH is 1. The lowest BCUT2D eigenvalue weighted by atomic mass is 9.75. The summed E-state index contributed by atoms with van der Waals surface area (Å²) in [6.45, 7) is 7.27. The van der Waals surface area contributed by atoms with Gasteiger partial charge in [0.05, 0.1) is 6.10 Å². The first kappa shape index (κ1) is 17.0. The molecular formula is C17H35NO. The molecule has 3 N–H and O–H groups in total. The SMILES string of the molecule is CCCCCCCCCC1(CN)CCC(C)(C)C1O. The molecule has 19 heavy (non-hydrogen) atoms. The van der Waals surface area contributed by atoms with Crippen molar-refractivity contribution < 1.29 is 5.11 Å². The molecule has 0 bridgehead atoms. The van der Waals surface area contributed by atoms with Gasteiger partial charge in [-0.2, -0.15) is 0 Å². The van der Waals surface area contributed by atoms with E-state index < -0.39 is 0 Å². The summed E-state index contributed by atoms with van der Waals surface area (Å²) in [6, 6.07) is 0. The van der Waals surface area contributed by atoms with Gasteiger partial charge in [0.1, 0.15) is 0 Å². The molecule has 0 aromatic carbocycles. The summed E-state index contributed by atoms with van der Waals surface area (Å²) in [5.41, 5.74) is 6.06. The zero-order chi connectivity index (χ0) is 14.4. The second-order valence-electron chi connectivity index (χ2n) is 7.33. The summed E-state index contributed by atoms with van der Waals surface area (Å²) >= 11 is 0. The molecule has 1 rings (SSSR count). The zero-order valence-electron chi connectivity index (χ0n) is 13.4. The van der Waals surface area contributed by atoms with Gasteiger partial charge in [0.2, 0.25) is 0 Å².